The van der Waals surface area contributed by atoms with Gasteiger partial charge in [-0.15, -0.1) is 0 Å². The van der Waals surface area contributed by atoms with Crippen LogP contribution < -0.4 is 11.1 Å². The Morgan fingerprint density at radius 2 is 2.00 bits per heavy atom. The third-order valence-corrected chi connectivity index (χ3v) is 2.65. The predicted octanol–water partition coefficient (Wildman–Crippen LogP) is 1.28. The zero-order chi connectivity index (χ0) is 15.2. The van der Waals surface area contributed by atoms with Gasteiger partial charge >= 0.3 is 5.97 Å². The second-order valence-electron chi connectivity index (χ2n) is 4.28. The Balaban J connectivity index is 1.93. The summed E-state index contributed by atoms with van der Waals surface area (Å²) in [5.74, 6) is -0.258. The van der Waals surface area contributed by atoms with E-state index >= 15 is 0 Å². The fraction of sp³-hybridized carbons (Fsp3) is 0.214. The third kappa shape index (κ3) is 4.07. The Kier molecular flexibility index (Phi) is 4.55. The molecule has 0 radical (unpaired) electrons. The van der Waals surface area contributed by atoms with Gasteiger partial charge in [0.25, 0.3) is 0 Å². The number of aromatic nitrogens is 2. The highest BCUT2D eigenvalue weighted by Crippen LogP contribution is 2.11. The number of esters is 1. The van der Waals surface area contributed by atoms with Crippen molar-refractivity contribution in [2.45, 2.75) is 13.5 Å². The van der Waals surface area contributed by atoms with E-state index in [1.807, 2.05) is 0 Å². The van der Waals surface area contributed by atoms with Crippen molar-refractivity contribution in [3.63, 3.8) is 0 Å². The van der Waals surface area contributed by atoms with Crippen LogP contribution in [0.15, 0.2) is 36.5 Å². The molecule has 1 amide bonds. The predicted molar refractivity (Wildman–Crippen MR) is 77.7 cm³/mol. The normalized spacial score (nSPS) is 10.1. The van der Waals surface area contributed by atoms with Crippen molar-refractivity contribution in [3.8, 4) is 0 Å². The van der Waals surface area contributed by atoms with Crippen LogP contribution >= 0.6 is 0 Å². The van der Waals surface area contributed by atoms with Gasteiger partial charge in [-0.2, -0.15) is 5.10 Å². The number of hydrogen-bond donors (Lipinski definition) is 2. The van der Waals surface area contributed by atoms with Crippen molar-refractivity contribution in [3.05, 3.63) is 42.1 Å². The highest BCUT2D eigenvalue weighted by molar-refractivity contribution is 5.92. The molecule has 0 aliphatic heterocycles. The van der Waals surface area contributed by atoms with Gasteiger partial charge in [0.1, 0.15) is 12.4 Å². The Hall–Kier alpha value is -2.83. The fourth-order valence-electron chi connectivity index (χ4n) is 1.72. The quantitative estimate of drug-likeness (QED) is 0.807. The van der Waals surface area contributed by atoms with Crippen molar-refractivity contribution in [2.75, 3.05) is 17.7 Å². The summed E-state index contributed by atoms with van der Waals surface area (Å²) in [6.07, 6.45) is 1.62. The molecule has 0 atom stereocenters. The molecule has 0 fully saturated rings. The van der Waals surface area contributed by atoms with Gasteiger partial charge in [0.2, 0.25) is 5.91 Å². The zero-order valence-electron chi connectivity index (χ0n) is 11.6. The number of ether oxygens (including phenoxy) is 1. The molecule has 2 aromatic rings. The second kappa shape index (κ2) is 6.56. The van der Waals surface area contributed by atoms with Gasteiger partial charge in [-0.05, 0) is 37.3 Å². The van der Waals surface area contributed by atoms with Gasteiger partial charge in [0, 0.05) is 11.9 Å². The Morgan fingerprint density at radius 3 is 2.57 bits per heavy atom. The molecule has 0 unspecified atom stereocenters. The number of amides is 1. The lowest BCUT2D eigenvalue weighted by Gasteiger charge is -2.06. The molecule has 1 heterocycles. The first-order chi connectivity index (χ1) is 10.1. The van der Waals surface area contributed by atoms with E-state index in [1.165, 1.54) is 4.68 Å². The number of nitrogens with zero attached hydrogens (tertiary/aromatic N) is 2. The summed E-state index contributed by atoms with van der Waals surface area (Å²) in [4.78, 5) is 23.3. The number of anilines is 2. The number of nitrogens with two attached hydrogens (primary N) is 1. The van der Waals surface area contributed by atoms with Crippen LogP contribution in [0.4, 0.5) is 11.5 Å². The van der Waals surface area contributed by atoms with Gasteiger partial charge in [-0.3, -0.25) is 9.48 Å². The average Bonchev–Trinajstić information content (AvgIpc) is 2.85. The van der Waals surface area contributed by atoms with Crippen LogP contribution in [-0.2, 0) is 16.1 Å². The molecule has 110 valence electrons. The van der Waals surface area contributed by atoms with Crippen LogP contribution in [0.5, 0.6) is 0 Å². The maximum Gasteiger partial charge on any atom is 0.338 e. The van der Waals surface area contributed by atoms with E-state index in [1.54, 1.807) is 43.5 Å². The van der Waals surface area contributed by atoms with E-state index in [0.29, 0.717) is 23.7 Å². The second-order valence-corrected chi connectivity index (χ2v) is 4.28. The number of nitrogen functional groups attached to an aromatic ring is 1. The topological polar surface area (TPSA) is 99.2 Å². The number of hydrogen-bond acceptors (Lipinski definition) is 5. The summed E-state index contributed by atoms with van der Waals surface area (Å²) < 4.78 is 6.32. The number of nitrogens with one attached hydrogen (secondary N) is 1. The van der Waals surface area contributed by atoms with Crippen LogP contribution in [0.2, 0.25) is 0 Å². The van der Waals surface area contributed by atoms with E-state index in [4.69, 9.17) is 10.5 Å². The monoisotopic (exact) mass is 288 g/mol. The van der Waals surface area contributed by atoms with Gasteiger partial charge in [0.05, 0.1) is 12.2 Å². The molecular weight excluding hydrogens is 272 g/mol. The van der Waals surface area contributed by atoms with Crippen LogP contribution in [-0.4, -0.2) is 28.3 Å². The molecule has 3 N–H and O–H groups in total. The first-order valence-corrected chi connectivity index (χ1v) is 6.44. The first-order valence-electron chi connectivity index (χ1n) is 6.44. The molecule has 7 heteroatoms. The molecule has 1 aromatic carbocycles. The van der Waals surface area contributed by atoms with Gasteiger partial charge < -0.3 is 15.8 Å². The molecule has 0 bridgehead atoms. The molecule has 0 spiro atoms. The molecule has 21 heavy (non-hydrogen) atoms. The van der Waals surface area contributed by atoms with Crippen molar-refractivity contribution in [2.24, 2.45) is 0 Å². The van der Waals surface area contributed by atoms with Crippen molar-refractivity contribution in [1.29, 1.82) is 0 Å². The highest BCUT2D eigenvalue weighted by Gasteiger charge is 2.08. The highest BCUT2D eigenvalue weighted by atomic mass is 16.5. The summed E-state index contributed by atoms with van der Waals surface area (Å²) in [5.41, 5.74) is 6.50. The van der Waals surface area contributed by atoms with E-state index in [2.05, 4.69) is 10.4 Å². The maximum atomic E-state index is 11.8. The lowest BCUT2D eigenvalue weighted by Crippen LogP contribution is -2.19. The third-order valence-electron chi connectivity index (χ3n) is 2.65. The number of carbonyl (C=O) groups excluding carboxylic acids is 2. The zero-order valence-corrected chi connectivity index (χ0v) is 11.6. The molecule has 7 nitrogen and oxygen atoms in total. The van der Waals surface area contributed by atoms with Crippen LogP contribution in [0.1, 0.15) is 17.3 Å². The molecule has 0 aliphatic rings. The summed E-state index contributed by atoms with van der Waals surface area (Å²) in [6.45, 7) is 2.13. The van der Waals surface area contributed by atoms with Gasteiger partial charge in [-0.25, -0.2) is 4.79 Å². The minimum Gasteiger partial charge on any atom is -0.462 e. The van der Waals surface area contributed by atoms with Crippen molar-refractivity contribution >= 4 is 23.4 Å². The number of carbonyl (C=O) groups is 2. The van der Waals surface area contributed by atoms with E-state index in [0.717, 1.165) is 0 Å². The lowest BCUT2D eigenvalue weighted by molar-refractivity contribution is -0.116. The Labute approximate surface area is 121 Å². The Morgan fingerprint density at radius 1 is 1.29 bits per heavy atom. The van der Waals surface area contributed by atoms with Crippen LogP contribution in [0.3, 0.4) is 0 Å². The number of rotatable bonds is 5. The molecule has 1 aromatic heterocycles. The van der Waals surface area contributed by atoms with Gasteiger partial charge in [-0.1, -0.05) is 0 Å². The molecular formula is C14H16N4O3. The summed E-state index contributed by atoms with van der Waals surface area (Å²) >= 11 is 0. The molecule has 0 saturated heterocycles. The fourth-order valence-corrected chi connectivity index (χ4v) is 1.72. The van der Waals surface area contributed by atoms with Crippen molar-refractivity contribution < 1.29 is 14.3 Å². The standard InChI is InChI=1S/C14H16N4O3/c1-2-21-14(20)10-3-5-11(6-4-10)16-13(19)9-18-8-7-12(15)17-18/h3-8H,2,9H2,1H3,(H2,15,17)(H,16,19). The summed E-state index contributed by atoms with van der Waals surface area (Å²) in [6, 6.07) is 8.09. The molecule has 0 saturated carbocycles. The first kappa shape index (κ1) is 14.6. The van der Waals surface area contributed by atoms with E-state index in [9.17, 15) is 9.59 Å². The lowest BCUT2D eigenvalue weighted by atomic mass is 10.2. The van der Waals surface area contributed by atoms with E-state index in [-0.39, 0.29) is 18.4 Å². The van der Waals surface area contributed by atoms with E-state index < -0.39 is 0 Å². The minimum atomic E-state index is -0.387. The Bertz CT molecular complexity index is 634. The summed E-state index contributed by atoms with van der Waals surface area (Å²) in [5, 5.41) is 6.63. The summed E-state index contributed by atoms with van der Waals surface area (Å²) in [7, 11) is 0. The molecule has 0 aliphatic carbocycles. The average molecular weight is 288 g/mol. The number of benzene rings is 1. The molecule has 2 rings (SSSR count). The SMILES string of the molecule is CCOC(=O)c1ccc(NC(=O)Cn2ccc(N)n2)cc1. The minimum absolute atomic E-state index is 0.0663. The van der Waals surface area contributed by atoms with Crippen LogP contribution in [0.25, 0.3) is 0 Å². The van der Waals surface area contributed by atoms with Gasteiger partial charge in [0.15, 0.2) is 0 Å². The largest absolute Gasteiger partial charge is 0.462 e. The van der Waals surface area contributed by atoms with Crippen LogP contribution in [0, 0.1) is 0 Å². The maximum absolute atomic E-state index is 11.8. The smallest absolute Gasteiger partial charge is 0.338 e. The van der Waals surface area contributed by atoms with Crippen molar-refractivity contribution in [1.82, 2.24) is 9.78 Å².